The smallest absolute Gasteiger partial charge is 0.143 e. The molecular weight excluding hydrogens is 572 g/mol. The van der Waals surface area contributed by atoms with Crippen molar-refractivity contribution >= 4 is 17.3 Å². The summed E-state index contributed by atoms with van der Waals surface area (Å²) in [6.07, 6.45) is 4.34. The van der Waals surface area contributed by atoms with Crippen molar-refractivity contribution in [1.82, 2.24) is 4.98 Å². The Balaban J connectivity index is 1.49. The number of aliphatic hydroxyl groups is 6. The molecule has 240 valence electrons. The first kappa shape index (κ1) is 32.8. The molecule has 43 heavy (non-hydrogen) atoms. The van der Waals surface area contributed by atoms with Gasteiger partial charge < -0.3 is 35.5 Å². The maximum Gasteiger partial charge on any atom is 0.143 e. The van der Waals surface area contributed by atoms with Gasteiger partial charge in [0.2, 0.25) is 0 Å². The van der Waals surface area contributed by atoms with Crippen molar-refractivity contribution in [2.45, 2.75) is 128 Å². The molecule has 10 atom stereocenters. The summed E-state index contributed by atoms with van der Waals surface area (Å²) in [5.41, 5.74) is -2.66. The van der Waals surface area contributed by atoms with Gasteiger partial charge in [-0.05, 0) is 107 Å². The SMILES string of the molecule is CC(C)(O)CC[C@@H](O)C(C)(O)[C@@H]1CC[C@@]2(O)C3=C/C(=N\OCc4ccc(Cl)nc4)[C@@H]4C[C@@H](O)[C@@H](O)C[C@]4(C)C3CC[C@]12C. The minimum absolute atomic E-state index is 0.0547. The summed E-state index contributed by atoms with van der Waals surface area (Å²) in [6.45, 7) is 9.35. The lowest BCUT2D eigenvalue weighted by Gasteiger charge is -2.61. The average Bonchev–Trinajstić information content (AvgIpc) is 3.21. The molecular formula is C33H49ClN2O7. The van der Waals surface area contributed by atoms with Crippen LogP contribution in [0.3, 0.4) is 0 Å². The summed E-state index contributed by atoms with van der Waals surface area (Å²) in [5.74, 6) is -0.622. The number of aliphatic hydroxyl groups excluding tert-OH is 3. The molecule has 3 fully saturated rings. The summed E-state index contributed by atoms with van der Waals surface area (Å²) >= 11 is 5.91. The third kappa shape index (κ3) is 5.68. The normalized spacial score (nSPS) is 40.6. The Morgan fingerprint density at radius 2 is 1.81 bits per heavy atom. The molecule has 0 aliphatic heterocycles. The molecule has 4 aliphatic rings. The molecule has 2 unspecified atom stereocenters. The Morgan fingerprint density at radius 1 is 1.09 bits per heavy atom. The molecule has 0 aromatic carbocycles. The maximum atomic E-state index is 12.7. The van der Waals surface area contributed by atoms with Gasteiger partial charge in [0.15, 0.2) is 0 Å². The number of rotatable bonds is 8. The zero-order chi connectivity index (χ0) is 31.6. The van der Waals surface area contributed by atoms with Crippen molar-refractivity contribution in [1.29, 1.82) is 0 Å². The van der Waals surface area contributed by atoms with Crippen molar-refractivity contribution in [2.75, 3.05) is 0 Å². The van der Waals surface area contributed by atoms with Crippen molar-refractivity contribution in [3.05, 3.63) is 40.7 Å². The van der Waals surface area contributed by atoms with E-state index in [0.717, 1.165) is 17.6 Å². The average molecular weight is 621 g/mol. The summed E-state index contributed by atoms with van der Waals surface area (Å²) in [7, 11) is 0. The molecule has 4 aliphatic carbocycles. The monoisotopic (exact) mass is 620 g/mol. The van der Waals surface area contributed by atoms with Crippen LogP contribution in [0.2, 0.25) is 5.15 Å². The number of hydrogen-bond donors (Lipinski definition) is 6. The summed E-state index contributed by atoms with van der Waals surface area (Å²) < 4.78 is 0. The molecule has 0 saturated heterocycles. The Labute approximate surface area is 259 Å². The van der Waals surface area contributed by atoms with Gasteiger partial charge >= 0.3 is 0 Å². The van der Waals surface area contributed by atoms with E-state index in [4.69, 9.17) is 16.4 Å². The van der Waals surface area contributed by atoms with Gasteiger partial charge in [-0.25, -0.2) is 4.98 Å². The minimum atomic E-state index is -1.48. The van der Waals surface area contributed by atoms with Gasteiger partial charge in [0.1, 0.15) is 11.8 Å². The van der Waals surface area contributed by atoms with E-state index in [-0.39, 0.29) is 30.8 Å². The minimum Gasteiger partial charge on any atom is -0.391 e. The highest BCUT2D eigenvalue weighted by Crippen LogP contribution is 2.68. The summed E-state index contributed by atoms with van der Waals surface area (Å²) in [5, 5.41) is 72.3. The molecule has 1 aromatic rings. The molecule has 3 saturated carbocycles. The van der Waals surface area contributed by atoms with Crippen molar-refractivity contribution in [2.24, 2.45) is 33.7 Å². The van der Waals surface area contributed by atoms with E-state index < -0.39 is 45.9 Å². The van der Waals surface area contributed by atoms with Crippen LogP contribution in [0.4, 0.5) is 0 Å². The first-order chi connectivity index (χ1) is 19.9. The van der Waals surface area contributed by atoms with Crippen LogP contribution in [0.25, 0.3) is 0 Å². The fraction of sp³-hybridized carbons (Fsp3) is 0.758. The number of hydrogen-bond acceptors (Lipinski definition) is 9. The number of fused-ring (bicyclic) bond motifs is 5. The van der Waals surface area contributed by atoms with Gasteiger partial charge in [0.05, 0.1) is 40.8 Å². The second-order valence-corrected chi connectivity index (χ2v) is 15.5. The van der Waals surface area contributed by atoms with E-state index >= 15 is 0 Å². The molecule has 6 N–H and O–H groups in total. The largest absolute Gasteiger partial charge is 0.391 e. The fourth-order valence-corrected chi connectivity index (χ4v) is 9.22. The van der Waals surface area contributed by atoms with Crippen LogP contribution in [0.5, 0.6) is 0 Å². The van der Waals surface area contributed by atoms with Crippen molar-refractivity contribution in [3.63, 3.8) is 0 Å². The van der Waals surface area contributed by atoms with E-state index in [0.29, 0.717) is 49.4 Å². The summed E-state index contributed by atoms with van der Waals surface area (Å²) in [4.78, 5) is 9.90. The van der Waals surface area contributed by atoms with Crippen LogP contribution in [0.15, 0.2) is 35.1 Å². The Hall–Kier alpha value is -1.59. The predicted molar refractivity (Wildman–Crippen MR) is 163 cm³/mol. The zero-order valence-electron chi connectivity index (χ0n) is 26.0. The molecule has 10 heteroatoms. The van der Waals surface area contributed by atoms with E-state index in [1.54, 1.807) is 33.0 Å². The first-order valence-electron chi connectivity index (χ1n) is 15.7. The molecule has 0 radical (unpaired) electrons. The Kier molecular flexibility index (Phi) is 8.64. The second kappa shape index (κ2) is 11.3. The number of allylic oxidation sites excluding steroid dienone is 1. The third-order valence-corrected chi connectivity index (χ3v) is 12.0. The van der Waals surface area contributed by atoms with E-state index in [1.807, 2.05) is 19.1 Å². The maximum absolute atomic E-state index is 12.7. The molecule has 0 bridgehead atoms. The zero-order valence-corrected chi connectivity index (χ0v) is 26.8. The second-order valence-electron chi connectivity index (χ2n) is 15.1. The number of oxime groups is 1. The molecule has 1 aromatic heterocycles. The molecule has 1 heterocycles. The lowest BCUT2D eigenvalue weighted by molar-refractivity contribution is -0.172. The van der Waals surface area contributed by atoms with Crippen LogP contribution in [0, 0.1) is 28.6 Å². The molecule has 5 rings (SSSR count). The number of pyridine rings is 1. The van der Waals surface area contributed by atoms with Crippen LogP contribution in [-0.2, 0) is 11.4 Å². The molecule has 0 amide bonds. The van der Waals surface area contributed by atoms with Crippen LogP contribution in [0.1, 0.15) is 91.5 Å². The first-order valence-corrected chi connectivity index (χ1v) is 16.0. The van der Waals surface area contributed by atoms with Crippen LogP contribution in [-0.4, -0.2) is 76.4 Å². The Morgan fingerprint density at radius 3 is 2.47 bits per heavy atom. The fourth-order valence-electron chi connectivity index (χ4n) is 9.11. The highest BCUT2D eigenvalue weighted by Gasteiger charge is 2.69. The van der Waals surface area contributed by atoms with E-state index in [1.165, 1.54) is 0 Å². The highest BCUT2D eigenvalue weighted by atomic mass is 35.5. The number of halogens is 1. The van der Waals surface area contributed by atoms with Crippen molar-refractivity contribution < 1.29 is 35.5 Å². The molecule has 0 spiro atoms. The van der Waals surface area contributed by atoms with E-state index in [2.05, 4.69) is 17.1 Å². The van der Waals surface area contributed by atoms with Crippen LogP contribution < -0.4 is 0 Å². The van der Waals surface area contributed by atoms with Gasteiger partial charge in [-0.2, -0.15) is 0 Å². The lowest BCUT2D eigenvalue weighted by Crippen LogP contribution is -2.62. The predicted octanol–water partition coefficient (Wildman–Crippen LogP) is 3.91. The quantitative estimate of drug-likeness (QED) is 0.189. The van der Waals surface area contributed by atoms with Gasteiger partial charge in [-0.15, -0.1) is 0 Å². The van der Waals surface area contributed by atoms with Crippen LogP contribution >= 0.6 is 11.6 Å². The number of aromatic nitrogens is 1. The molecule has 9 nitrogen and oxygen atoms in total. The summed E-state index contributed by atoms with van der Waals surface area (Å²) in [6, 6.07) is 3.49. The third-order valence-electron chi connectivity index (χ3n) is 11.7. The van der Waals surface area contributed by atoms with Gasteiger partial charge in [-0.3, -0.25) is 0 Å². The lowest BCUT2D eigenvalue weighted by atomic mass is 9.45. The van der Waals surface area contributed by atoms with E-state index in [9.17, 15) is 30.6 Å². The number of nitrogens with zero attached hydrogens (tertiary/aromatic N) is 2. The Bertz CT molecular complexity index is 1250. The van der Waals surface area contributed by atoms with Gasteiger partial charge in [0.25, 0.3) is 0 Å². The highest BCUT2D eigenvalue weighted by molar-refractivity contribution is 6.29. The van der Waals surface area contributed by atoms with Gasteiger partial charge in [0, 0.05) is 23.1 Å². The topological polar surface area (TPSA) is 156 Å². The van der Waals surface area contributed by atoms with Crippen molar-refractivity contribution in [3.8, 4) is 0 Å². The van der Waals surface area contributed by atoms with Gasteiger partial charge in [-0.1, -0.05) is 36.7 Å². The standard InChI is InChI=1S/C33H49ClN2O7/c1-29(2,40)11-10-27(39)32(5,41)26-9-13-33(42)21-14-23(36-43-18-19-6-7-28(34)35-17-19)22-15-24(37)25(38)16-30(22,3)20(21)8-12-31(26,33)4/h6-7,14,17,20,22,24-27,37-42H,8-13,15-16,18H2,1-5H3/b36-23+/t20?,22-,24+,25-,26+,27+,30+,31+,32?,33+/m0/s1.